The van der Waals surface area contributed by atoms with Crippen LogP contribution in [0.1, 0.15) is 47.1 Å². The molecule has 3 aromatic rings. The quantitative estimate of drug-likeness (QED) is 0.320. The first-order chi connectivity index (χ1) is 14.0. The molecule has 0 bridgehead atoms. The van der Waals surface area contributed by atoms with Crippen molar-refractivity contribution >= 4 is 22.8 Å². The number of Topliss-reactive ketones (excluding diaryl/α,β-unsaturated/α-hetero) is 1. The van der Waals surface area contributed by atoms with Gasteiger partial charge in [-0.05, 0) is 38.5 Å². The fraction of sp³-hybridized carbons (Fsp3) is 0.292. The molecule has 0 aliphatic heterocycles. The van der Waals surface area contributed by atoms with Crippen molar-refractivity contribution in [2.24, 2.45) is 0 Å². The summed E-state index contributed by atoms with van der Waals surface area (Å²) in [6.07, 6.45) is 4.95. The molecule has 0 unspecified atom stereocenters. The van der Waals surface area contributed by atoms with Crippen LogP contribution >= 0.6 is 0 Å². The summed E-state index contributed by atoms with van der Waals surface area (Å²) in [5.41, 5.74) is 4.41. The standard InChI is InChI=1S/C24H24N4O/c1-4-11-28-17(2)13-22(18(28)3)24(29)19(15-26)14-20-16-27(12-7-10-25)23-9-6-5-8-21(20)23/h5-6,8-9,13-14,16H,4,7,11-12H2,1-3H3/b19-14+. The topological polar surface area (TPSA) is 74.5 Å². The lowest BCUT2D eigenvalue weighted by molar-refractivity contribution is 0.103. The van der Waals surface area contributed by atoms with Gasteiger partial charge in [-0.2, -0.15) is 10.5 Å². The molecule has 146 valence electrons. The number of nitrogens with zero attached hydrogens (tertiary/aromatic N) is 4. The third kappa shape index (κ3) is 3.86. The number of hydrogen-bond acceptors (Lipinski definition) is 3. The zero-order valence-electron chi connectivity index (χ0n) is 17.1. The molecule has 0 spiro atoms. The third-order valence-electron chi connectivity index (χ3n) is 5.21. The maximum atomic E-state index is 13.1. The minimum absolute atomic E-state index is 0.116. The number of carbonyl (C=O) groups excluding carboxylic acids is 1. The minimum Gasteiger partial charge on any atom is -0.348 e. The van der Waals surface area contributed by atoms with E-state index in [2.05, 4.69) is 23.6 Å². The molecule has 0 fully saturated rings. The van der Waals surface area contributed by atoms with Gasteiger partial charge in [-0.3, -0.25) is 4.79 Å². The highest BCUT2D eigenvalue weighted by atomic mass is 16.1. The van der Waals surface area contributed by atoms with E-state index in [1.165, 1.54) is 0 Å². The Bertz CT molecular complexity index is 1180. The van der Waals surface area contributed by atoms with E-state index in [4.69, 9.17) is 5.26 Å². The second kappa shape index (κ2) is 8.63. The third-order valence-corrected chi connectivity index (χ3v) is 5.21. The van der Waals surface area contributed by atoms with E-state index in [0.717, 1.165) is 40.8 Å². The molecule has 0 atom stereocenters. The summed E-state index contributed by atoms with van der Waals surface area (Å²) in [5.74, 6) is -0.253. The molecular formula is C24H24N4O. The molecule has 0 radical (unpaired) electrons. The molecule has 0 amide bonds. The molecule has 2 heterocycles. The highest BCUT2D eigenvalue weighted by molar-refractivity contribution is 6.15. The van der Waals surface area contributed by atoms with Gasteiger partial charge in [0.05, 0.1) is 12.5 Å². The average molecular weight is 384 g/mol. The molecule has 2 aromatic heterocycles. The van der Waals surface area contributed by atoms with E-state index in [0.29, 0.717) is 18.5 Å². The maximum absolute atomic E-state index is 13.1. The lowest BCUT2D eigenvalue weighted by atomic mass is 10.0. The highest BCUT2D eigenvalue weighted by Crippen LogP contribution is 2.26. The maximum Gasteiger partial charge on any atom is 0.205 e. The van der Waals surface area contributed by atoms with Crippen molar-refractivity contribution in [3.63, 3.8) is 0 Å². The Morgan fingerprint density at radius 1 is 1.17 bits per heavy atom. The lowest BCUT2D eigenvalue weighted by Crippen LogP contribution is -2.06. The number of benzene rings is 1. The first-order valence-corrected chi connectivity index (χ1v) is 9.79. The van der Waals surface area contributed by atoms with Crippen LogP contribution in [0.5, 0.6) is 0 Å². The van der Waals surface area contributed by atoms with Crippen molar-refractivity contribution in [3.8, 4) is 12.1 Å². The lowest BCUT2D eigenvalue weighted by Gasteiger charge is -2.07. The predicted octanol–water partition coefficient (Wildman–Crippen LogP) is 5.17. The molecule has 5 heteroatoms. The Kier molecular flexibility index (Phi) is 6.00. The molecule has 1 aromatic carbocycles. The van der Waals surface area contributed by atoms with Gasteiger partial charge in [-0.15, -0.1) is 0 Å². The Balaban J connectivity index is 2.05. The molecule has 29 heavy (non-hydrogen) atoms. The second-order valence-electron chi connectivity index (χ2n) is 7.14. The number of nitriles is 2. The summed E-state index contributed by atoms with van der Waals surface area (Å²) in [7, 11) is 0. The van der Waals surface area contributed by atoms with Crippen molar-refractivity contribution in [1.82, 2.24) is 9.13 Å². The first-order valence-electron chi connectivity index (χ1n) is 9.79. The summed E-state index contributed by atoms with van der Waals surface area (Å²) >= 11 is 0. The molecule has 5 nitrogen and oxygen atoms in total. The summed E-state index contributed by atoms with van der Waals surface area (Å²) in [4.78, 5) is 13.1. The number of aryl methyl sites for hydroxylation is 2. The number of hydrogen-bond donors (Lipinski definition) is 0. The van der Waals surface area contributed by atoms with Crippen LogP contribution in [0, 0.1) is 36.5 Å². The Labute approximate surface area is 171 Å². The van der Waals surface area contributed by atoms with Crippen LogP contribution in [0.2, 0.25) is 0 Å². The monoisotopic (exact) mass is 384 g/mol. The van der Waals surface area contributed by atoms with Crippen LogP contribution < -0.4 is 0 Å². The van der Waals surface area contributed by atoms with E-state index in [-0.39, 0.29) is 11.4 Å². The summed E-state index contributed by atoms with van der Waals surface area (Å²) < 4.78 is 4.12. The summed E-state index contributed by atoms with van der Waals surface area (Å²) in [6, 6.07) is 13.9. The number of ketones is 1. The minimum atomic E-state index is -0.253. The SMILES string of the molecule is CCCn1c(C)cc(C(=O)/C(C#N)=C/c2cn(CCC#N)c3ccccc23)c1C. The van der Waals surface area contributed by atoms with Gasteiger partial charge in [0.15, 0.2) is 0 Å². The Morgan fingerprint density at radius 2 is 1.93 bits per heavy atom. The number of para-hydroxylation sites is 1. The normalized spacial score (nSPS) is 11.4. The van der Waals surface area contributed by atoms with Crippen molar-refractivity contribution in [2.75, 3.05) is 0 Å². The van der Waals surface area contributed by atoms with Crippen molar-refractivity contribution in [1.29, 1.82) is 10.5 Å². The predicted molar refractivity (Wildman–Crippen MR) is 114 cm³/mol. The zero-order chi connectivity index (χ0) is 21.0. The van der Waals surface area contributed by atoms with Crippen LogP contribution in [0.15, 0.2) is 42.1 Å². The number of rotatable bonds is 7. The van der Waals surface area contributed by atoms with E-state index in [1.54, 1.807) is 6.08 Å². The number of aromatic nitrogens is 2. The Morgan fingerprint density at radius 3 is 2.62 bits per heavy atom. The van der Waals surface area contributed by atoms with Gasteiger partial charge in [0.2, 0.25) is 5.78 Å². The van der Waals surface area contributed by atoms with Crippen molar-refractivity contribution in [3.05, 3.63) is 64.6 Å². The van der Waals surface area contributed by atoms with Gasteiger partial charge >= 0.3 is 0 Å². The van der Waals surface area contributed by atoms with Gasteiger partial charge in [0.1, 0.15) is 11.6 Å². The first kappa shape index (κ1) is 20.2. The molecule has 0 saturated heterocycles. The van der Waals surface area contributed by atoms with Crippen molar-refractivity contribution in [2.45, 2.75) is 46.7 Å². The van der Waals surface area contributed by atoms with Gasteiger partial charge in [-0.1, -0.05) is 25.1 Å². The van der Waals surface area contributed by atoms with E-state index < -0.39 is 0 Å². The van der Waals surface area contributed by atoms with E-state index >= 15 is 0 Å². The molecule has 0 saturated carbocycles. The van der Waals surface area contributed by atoms with E-state index in [1.807, 2.05) is 54.9 Å². The Hall–Kier alpha value is -3.57. The van der Waals surface area contributed by atoms with E-state index in [9.17, 15) is 10.1 Å². The number of carbonyl (C=O) groups is 1. The van der Waals surface area contributed by atoms with Gasteiger partial charge in [0, 0.05) is 52.7 Å². The van der Waals surface area contributed by atoms with Crippen molar-refractivity contribution < 1.29 is 4.79 Å². The second-order valence-corrected chi connectivity index (χ2v) is 7.14. The zero-order valence-corrected chi connectivity index (χ0v) is 17.1. The summed E-state index contributed by atoms with van der Waals surface area (Å²) in [6.45, 7) is 7.43. The molecule has 0 N–H and O–H groups in total. The largest absolute Gasteiger partial charge is 0.348 e. The highest BCUT2D eigenvalue weighted by Gasteiger charge is 2.20. The molecule has 0 aliphatic rings. The smallest absolute Gasteiger partial charge is 0.205 e. The number of fused-ring (bicyclic) bond motifs is 1. The van der Waals surface area contributed by atoms with Crippen LogP contribution in [-0.2, 0) is 13.1 Å². The number of allylic oxidation sites excluding steroid dienone is 1. The average Bonchev–Trinajstić information content (AvgIpc) is 3.22. The summed E-state index contributed by atoms with van der Waals surface area (Å²) in [5, 5.41) is 19.6. The van der Waals surface area contributed by atoms with Gasteiger partial charge in [-0.25, -0.2) is 0 Å². The molecule has 0 aliphatic carbocycles. The van der Waals surface area contributed by atoms with Crippen LogP contribution in [0.25, 0.3) is 17.0 Å². The van der Waals surface area contributed by atoms with Gasteiger partial charge in [0.25, 0.3) is 0 Å². The fourth-order valence-electron chi connectivity index (χ4n) is 3.79. The van der Waals surface area contributed by atoms with Crippen LogP contribution in [0.3, 0.4) is 0 Å². The molecular weight excluding hydrogens is 360 g/mol. The molecule has 3 rings (SSSR count). The fourth-order valence-corrected chi connectivity index (χ4v) is 3.79. The van der Waals surface area contributed by atoms with Gasteiger partial charge < -0.3 is 9.13 Å². The van der Waals surface area contributed by atoms with Crippen LogP contribution in [0.4, 0.5) is 0 Å². The van der Waals surface area contributed by atoms with Crippen LogP contribution in [-0.4, -0.2) is 14.9 Å².